The molecule has 1 aliphatic rings. The molecule has 10 heteroatoms. The number of amides is 1. The third-order valence-electron chi connectivity index (χ3n) is 4.95. The van der Waals surface area contributed by atoms with E-state index in [-0.39, 0.29) is 28.3 Å². The first-order valence-corrected chi connectivity index (χ1v) is 11.1. The molecule has 174 valence electrons. The minimum atomic E-state index is -0.593. The van der Waals surface area contributed by atoms with Gasteiger partial charge in [-0.2, -0.15) is 0 Å². The molecule has 2 N–H and O–H groups in total. The number of carbonyl (C=O) groups excluding carboxylic acids is 1. The summed E-state index contributed by atoms with van der Waals surface area (Å²) in [6.45, 7) is 2.45. The highest BCUT2D eigenvalue weighted by molar-refractivity contribution is 6.31. The van der Waals surface area contributed by atoms with Gasteiger partial charge in [0.05, 0.1) is 16.7 Å². The molecule has 2 aromatic rings. The normalized spacial score (nSPS) is 14.9. The van der Waals surface area contributed by atoms with Gasteiger partial charge in [-0.15, -0.1) is 0 Å². The van der Waals surface area contributed by atoms with Crippen molar-refractivity contribution in [3.8, 4) is 11.5 Å². The Morgan fingerprint density at radius 2 is 1.59 bits per heavy atom. The topological polar surface area (TPSA) is 62.8 Å². The highest BCUT2D eigenvalue weighted by Gasteiger charge is 2.20. The van der Waals surface area contributed by atoms with Gasteiger partial charge in [-0.1, -0.05) is 23.2 Å². The second kappa shape index (κ2) is 12.2. The van der Waals surface area contributed by atoms with Gasteiger partial charge in [-0.05, 0) is 50.1 Å². The smallest absolute Gasteiger partial charge is 0.272 e. The maximum absolute atomic E-state index is 13.4. The Balaban J connectivity index is 1.25. The third kappa shape index (κ3) is 7.78. The van der Waals surface area contributed by atoms with Crippen molar-refractivity contribution in [2.45, 2.75) is 25.3 Å². The van der Waals surface area contributed by atoms with Gasteiger partial charge in [0.2, 0.25) is 0 Å². The van der Waals surface area contributed by atoms with Crippen molar-refractivity contribution in [3.63, 3.8) is 0 Å². The first-order valence-electron chi connectivity index (χ1n) is 10.3. The molecular formula is C22H25Cl2F2N3O3. The minimum Gasteiger partial charge on any atom is -0.493 e. The van der Waals surface area contributed by atoms with Crippen LogP contribution in [0.3, 0.4) is 0 Å². The molecule has 0 aromatic heterocycles. The van der Waals surface area contributed by atoms with E-state index < -0.39 is 11.6 Å². The average Bonchev–Trinajstić information content (AvgIpc) is 2.78. The lowest BCUT2D eigenvalue weighted by Gasteiger charge is -2.32. The number of carbonyl (C=O) groups is 1. The van der Waals surface area contributed by atoms with Gasteiger partial charge in [0.1, 0.15) is 23.1 Å². The summed E-state index contributed by atoms with van der Waals surface area (Å²) >= 11 is 11.3. The van der Waals surface area contributed by atoms with E-state index in [0.717, 1.165) is 31.9 Å². The van der Waals surface area contributed by atoms with Crippen molar-refractivity contribution in [2.75, 3.05) is 32.8 Å². The van der Waals surface area contributed by atoms with Crippen molar-refractivity contribution in [3.05, 3.63) is 58.1 Å². The summed E-state index contributed by atoms with van der Waals surface area (Å²) in [4.78, 5) is 12.1. The van der Waals surface area contributed by atoms with Gasteiger partial charge >= 0.3 is 0 Å². The fraction of sp³-hybridized carbons (Fsp3) is 0.409. The van der Waals surface area contributed by atoms with Crippen LogP contribution in [0, 0.1) is 11.6 Å². The Morgan fingerprint density at radius 1 is 1.00 bits per heavy atom. The molecule has 32 heavy (non-hydrogen) atoms. The van der Waals surface area contributed by atoms with Gasteiger partial charge < -0.3 is 14.8 Å². The lowest BCUT2D eigenvalue weighted by Crippen LogP contribution is -2.51. The lowest BCUT2D eigenvalue weighted by molar-refractivity contribution is -0.128. The minimum absolute atomic E-state index is 0.00255. The molecule has 0 saturated carbocycles. The summed E-state index contributed by atoms with van der Waals surface area (Å²) in [5.74, 6) is -0.685. The summed E-state index contributed by atoms with van der Waals surface area (Å²) in [6.07, 6.45) is 2.55. The van der Waals surface area contributed by atoms with Crippen LogP contribution in [0.15, 0.2) is 36.4 Å². The summed E-state index contributed by atoms with van der Waals surface area (Å²) in [5.41, 5.74) is 2.80. The summed E-state index contributed by atoms with van der Waals surface area (Å²) < 4.78 is 37.6. The predicted octanol–water partition coefficient (Wildman–Crippen LogP) is 4.20. The van der Waals surface area contributed by atoms with Crippen LogP contribution in [0.1, 0.15) is 19.3 Å². The largest absolute Gasteiger partial charge is 0.493 e. The first-order chi connectivity index (χ1) is 15.4. The van der Waals surface area contributed by atoms with E-state index in [1.165, 1.54) is 24.3 Å². The zero-order chi connectivity index (χ0) is 22.9. The average molecular weight is 488 g/mol. The number of nitrogens with zero attached hydrogens (tertiary/aromatic N) is 1. The van der Waals surface area contributed by atoms with Crippen molar-refractivity contribution >= 4 is 29.1 Å². The Morgan fingerprint density at radius 3 is 2.19 bits per heavy atom. The molecule has 0 spiro atoms. The standard InChI is InChI=1S/C22H25Cl2F2N3O3/c23-18-4-2-16(12-20(18)25)31-11-1-8-27-15-6-9-29(10-7-15)28-22(30)14-32-17-3-5-19(24)21(26)13-17/h2-5,12-13,15,27H,1,6-11,14H2,(H,28,30). The van der Waals surface area contributed by atoms with E-state index in [2.05, 4.69) is 10.7 Å². The highest BCUT2D eigenvalue weighted by Crippen LogP contribution is 2.21. The Labute approximate surface area is 195 Å². The second-order valence-electron chi connectivity index (χ2n) is 7.39. The number of hydrazine groups is 1. The summed E-state index contributed by atoms with van der Waals surface area (Å²) in [7, 11) is 0. The molecule has 6 nitrogen and oxygen atoms in total. The molecule has 1 heterocycles. The van der Waals surface area contributed by atoms with Crippen molar-refractivity contribution < 1.29 is 23.0 Å². The number of hydrogen-bond acceptors (Lipinski definition) is 5. The first kappa shape index (κ1) is 24.5. The molecule has 0 aliphatic carbocycles. The summed E-state index contributed by atoms with van der Waals surface area (Å²) in [6, 6.07) is 8.77. The number of halogens is 4. The molecule has 1 saturated heterocycles. The van der Waals surface area contributed by atoms with Crippen LogP contribution in [0.25, 0.3) is 0 Å². The van der Waals surface area contributed by atoms with Crippen LogP contribution in [0.2, 0.25) is 10.0 Å². The van der Waals surface area contributed by atoms with Gasteiger partial charge in [0, 0.05) is 31.3 Å². The lowest BCUT2D eigenvalue weighted by atomic mass is 10.1. The SMILES string of the molecule is O=C(COc1ccc(Cl)c(F)c1)NN1CCC(NCCCOc2ccc(Cl)c(F)c2)CC1. The van der Waals surface area contributed by atoms with E-state index >= 15 is 0 Å². The zero-order valence-corrected chi connectivity index (χ0v) is 18.9. The maximum Gasteiger partial charge on any atom is 0.272 e. The molecule has 0 bridgehead atoms. The quantitative estimate of drug-likeness (QED) is 0.491. The fourth-order valence-electron chi connectivity index (χ4n) is 3.25. The van der Waals surface area contributed by atoms with E-state index in [4.69, 9.17) is 32.7 Å². The van der Waals surface area contributed by atoms with Crippen LogP contribution >= 0.6 is 23.2 Å². The monoisotopic (exact) mass is 487 g/mol. The van der Waals surface area contributed by atoms with E-state index in [9.17, 15) is 13.6 Å². The number of piperidine rings is 1. The molecule has 0 atom stereocenters. The molecule has 1 amide bonds. The van der Waals surface area contributed by atoms with Crippen molar-refractivity contribution in [2.24, 2.45) is 0 Å². The summed E-state index contributed by atoms with van der Waals surface area (Å²) in [5, 5.41) is 5.40. The molecule has 1 fully saturated rings. The van der Waals surface area contributed by atoms with E-state index in [1.807, 2.05) is 5.01 Å². The highest BCUT2D eigenvalue weighted by atomic mass is 35.5. The number of ether oxygens (including phenoxy) is 2. The van der Waals surface area contributed by atoms with Crippen LogP contribution in [0.4, 0.5) is 8.78 Å². The molecule has 0 unspecified atom stereocenters. The van der Waals surface area contributed by atoms with Crippen LogP contribution in [-0.4, -0.2) is 49.8 Å². The van der Waals surface area contributed by atoms with Crippen molar-refractivity contribution in [1.82, 2.24) is 15.8 Å². The number of nitrogens with one attached hydrogen (secondary N) is 2. The zero-order valence-electron chi connectivity index (χ0n) is 17.4. The van der Waals surface area contributed by atoms with Gasteiger partial charge in [0.15, 0.2) is 6.61 Å². The Kier molecular flexibility index (Phi) is 9.35. The number of rotatable bonds is 10. The molecular weight excluding hydrogens is 463 g/mol. The predicted molar refractivity (Wildman–Crippen MR) is 119 cm³/mol. The second-order valence-corrected chi connectivity index (χ2v) is 8.21. The molecule has 2 aromatic carbocycles. The molecule has 1 aliphatic heterocycles. The molecule has 3 rings (SSSR count). The number of hydrogen-bond donors (Lipinski definition) is 2. The van der Waals surface area contributed by atoms with Crippen molar-refractivity contribution in [1.29, 1.82) is 0 Å². The number of benzene rings is 2. The fourth-order valence-corrected chi connectivity index (χ4v) is 3.49. The Bertz CT molecular complexity index is 912. The maximum atomic E-state index is 13.4. The van der Waals surface area contributed by atoms with Gasteiger partial charge in [0.25, 0.3) is 5.91 Å². The molecule has 0 radical (unpaired) electrons. The van der Waals surface area contributed by atoms with Crippen LogP contribution in [0.5, 0.6) is 11.5 Å². The van der Waals surface area contributed by atoms with Gasteiger partial charge in [-0.3, -0.25) is 10.2 Å². The van der Waals surface area contributed by atoms with E-state index in [0.29, 0.717) is 31.5 Å². The Hall–Kier alpha value is -2.13. The van der Waals surface area contributed by atoms with E-state index in [1.54, 1.807) is 6.07 Å². The van der Waals surface area contributed by atoms with Crippen LogP contribution in [-0.2, 0) is 4.79 Å². The van der Waals surface area contributed by atoms with Crippen LogP contribution < -0.4 is 20.2 Å². The van der Waals surface area contributed by atoms with Gasteiger partial charge in [-0.25, -0.2) is 13.8 Å². The third-order valence-corrected chi connectivity index (χ3v) is 5.57.